The molecule has 0 spiro atoms. The first-order valence-corrected chi connectivity index (χ1v) is 15.4. The third-order valence-electron chi connectivity index (χ3n) is 8.66. The van der Waals surface area contributed by atoms with Crippen LogP contribution in [0.5, 0.6) is 0 Å². The van der Waals surface area contributed by atoms with Crippen molar-refractivity contribution < 1.29 is 32.6 Å². The molecule has 2 saturated heterocycles. The van der Waals surface area contributed by atoms with Crippen molar-refractivity contribution in [2.45, 2.75) is 58.2 Å². The molecular formula is C30H37F3N6O4S. The molecular weight excluding hydrogens is 597 g/mol. The number of alkyl halides is 2. The molecule has 238 valence electrons. The minimum absolute atomic E-state index is 0.0531. The Labute approximate surface area is 258 Å². The second-order valence-corrected chi connectivity index (χ2v) is 12.9. The number of aliphatic carboxylic acids is 1. The minimum Gasteiger partial charge on any atom is -0.481 e. The number of nitrogens with zero attached hydrogens (tertiary/aromatic N) is 5. The number of hydrazine groups is 1. The lowest BCUT2D eigenvalue weighted by molar-refractivity contribution is -0.149. The molecule has 0 aliphatic carbocycles. The van der Waals surface area contributed by atoms with E-state index in [2.05, 4.69) is 10.3 Å². The zero-order valence-corrected chi connectivity index (χ0v) is 26.1. The average molecular weight is 635 g/mol. The number of carbonyl (C=O) groups is 2. The van der Waals surface area contributed by atoms with E-state index in [1.165, 1.54) is 17.4 Å². The fourth-order valence-electron chi connectivity index (χ4n) is 6.13. The number of aromatic nitrogens is 1. The van der Waals surface area contributed by atoms with Crippen molar-refractivity contribution >= 4 is 29.1 Å². The topological polar surface area (TPSA) is 111 Å². The number of fused-ring (bicyclic) bond motifs is 1. The zero-order chi connectivity index (χ0) is 32.0. The standard InChI is InChI=1S/C30H37F3N6O4S/c1-6-43-27(40)22-20(35-25(26-34-11-13-44-26)36-23(22)18-8-7-9-19(31)17(18)2)14-38-16-30(32,33)24-21(38)15-37(5)39(24)12-10-29(3,4)28(41)42/h7-9,11,13,21,23-24H,6,10,12,14-16H2,1-5H3,(H,35,36)(H,41,42). The Morgan fingerprint density at radius 3 is 2.70 bits per heavy atom. The van der Waals surface area contributed by atoms with Gasteiger partial charge in [-0.3, -0.25) is 14.7 Å². The number of benzene rings is 1. The largest absolute Gasteiger partial charge is 0.481 e. The molecule has 3 aliphatic rings. The van der Waals surface area contributed by atoms with Gasteiger partial charge in [-0.25, -0.2) is 33.0 Å². The van der Waals surface area contributed by atoms with Crippen LogP contribution in [0.3, 0.4) is 0 Å². The van der Waals surface area contributed by atoms with Crippen molar-refractivity contribution in [1.82, 2.24) is 25.2 Å². The van der Waals surface area contributed by atoms with E-state index >= 15 is 8.78 Å². The van der Waals surface area contributed by atoms with Gasteiger partial charge in [0.25, 0.3) is 5.92 Å². The molecule has 2 aromatic rings. The number of carboxylic acid groups (broad SMARTS) is 1. The van der Waals surface area contributed by atoms with Crippen LogP contribution in [0, 0.1) is 18.2 Å². The van der Waals surface area contributed by atoms with Gasteiger partial charge in [0.15, 0.2) is 10.8 Å². The molecule has 4 heterocycles. The van der Waals surface area contributed by atoms with Crippen LogP contribution in [0.4, 0.5) is 13.2 Å². The highest BCUT2D eigenvalue weighted by molar-refractivity contribution is 7.11. The summed E-state index contributed by atoms with van der Waals surface area (Å²) in [6.07, 6.45) is 1.80. The molecule has 2 fully saturated rings. The van der Waals surface area contributed by atoms with Crippen molar-refractivity contribution in [3.05, 3.63) is 63.0 Å². The maximum Gasteiger partial charge on any atom is 0.338 e. The maximum absolute atomic E-state index is 15.8. The number of hydrogen-bond donors (Lipinski definition) is 2. The van der Waals surface area contributed by atoms with Crippen molar-refractivity contribution in [2.75, 3.05) is 39.8 Å². The van der Waals surface area contributed by atoms with E-state index in [0.717, 1.165) is 0 Å². The number of halogens is 3. The van der Waals surface area contributed by atoms with Crippen LogP contribution < -0.4 is 5.32 Å². The molecule has 1 aromatic heterocycles. The number of nitrogens with one attached hydrogen (secondary N) is 1. The number of carbonyl (C=O) groups excluding carboxylic acids is 1. The number of esters is 1. The van der Waals surface area contributed by atoms with Gasteiger partial charge in [-0.1, -0.05) is 12.1 Å². The van der Waals surface area contributed by atoms with Crippen LogP contribution in [-0.4, -0.2) is 101 Å². The molecule has 1 aromatic carbocycles. The summed E-state index contributed by atoms with van der Waals surface area (Å²) in [5.41, 5.74) is 0.153. The number of likely N-dealkylation sites (tertiary alicyclic amines) is 1. The Morgan fingerprint density at radius 2 is 2.05 bits per heavy atom. The number of carboxylic acids is 1. The number of ether oxygens (including phenoxy) is 1. The highest BCUT2D eigenvalue weighted by atomic mass is 32.1. The fourth-order valence-corrected chi connectivity index (χ4v) is 6.72. The van der Waals surface area contributed by atoms with E-state index in [4.69, 9.17) is 9.73 Å². The molecule has 0 saturated carbocycles. The van der Waals surface area contributed by atoms with Crippen molar-refractivity contribution in [2.24, 2.45) is 10.4 Å². The van der Waals surface area contributed by atoms with E-state index in [1.54, 1.807) is 73.4 Å². The van der Waals surface area contributed by atoms with E-state index in [9.17, 15) is 19.1 Å². The third kappa shape index (κ3) is 6.00. The molecule has 0 radical (unpaired) electrons. The van der Waals surface area contributed by atoms with Gasteiger partial charge in [-0.2, -0.15) is 0 Å². The fraction of sp³-hybridized carbons (Fsp3) is 0.533. The predicted octanol–water partition coefficient (Wildman–Crippen LogP) is 3.85. The molecule has 5 rings (SSSR count). The normalized spacial score (nSPS) is 24.3. The van der Waals surface area contributed by atoms with E-state index in [1.807, 2.05) is 0 Å². The molecule has 3 aliphatic heterocycles. The van der Waals surface area contributed by atoms with Crippen molar-refractivity contribution in [3.63, 3.8) is 0 Å². The molecule has 0 bridgehead atoms. The summed E-state index contributed by atoms with van der Waals surface area (Å²) < 4.78 is 51.8. The molecule has 3 atom stereocenters. The van der Waals surface area contributed by atoms with Crippen LogP contribution in [0.1, 0.15) is 49.4 Å². The Morgan fingerprint density at radius 1 is 1.30 bits per heavy atom. The Kier molecular flexibility index (Phi) is 8.91. The summed E-state index contributed by atoms with van der Waals surface area (Å²) in [6.45, 7) is 6.33. The monoisotopic (exact) mass is 634 g/mol. The first-order chi connectivity index (χ1) is 20.7. The highest BCUT2D eigenvalue weighted by Gasteiger charge is 2.61. The van der Waals surface area contributed by atoms with Gasteiger partial charge in [-0.15, -0.1) is 11.3 Å². The Hall–Kier alpha value is -3.33. The first-order valence-electron chi connectivity index (χ1n) is 14.5. The lowest BCUT2D eigenvalue weighted by Gasteiger charge is -2.33. The molecule has 3 unspecified atom stereocenters. The van der Waals surface area contributed by atoms with Gasteiger partial charge in [0.05, 0.1) is 24.1 Å². The van der Waals surface area contributed by atoms with Crippen LogP contribution >= 0.6 is 11.3 Å². The molecule has 44 heavy (non-hydrogen) atoms. The number of amidine groups is 1. The van der Waals surface area contributed by atoms with Gasteiger partial charge < -0.3 is 15.2 Å². The van der Waals surface area contributed by atoms with Gasteiger partial charge in [0.2, 0.25) is 0 Å². The molecule has 0 amide bonds. The number of rotatable bonds is 10. The summed E-state index contributed by atoms with van der Waals surface area (Å²) in [6, 6.07) is 1.81. The summed E-state index contributed by atoms with van der Waals surface area (Å²) in [7, 11) is 1.72. The SMILES string of the molecule is CCOC(=O)C1=C(CN2CC(F)(F)C3C2CN(C)N3CCC(C)(C)C(=O)O)NC(c2nccs2)=NC1c1cccc(F)c1C. The molecule has 14 heteroatoms. The second kappa shape index (κ2) is 12.2. The number of hydrogen-bond acceptors (Lipinski definition) is 10. The van der Waals surface area contributed by atoms with E-state index in [0.29, 0.717) is 27.7 Å². The summed E-state index contributed by atoms with van der Waals surface area (Å²) in [5, 5.41) is 18.4. The Balaban J connectivity index is 1.53. The van der Waals surface area contributed by atoms with Crippen LogP contribution in [0.25, 0.3) is 0 Å². The zero-order valence-electron chi connectivity index (χ0n) is 25.3. The molecule has 10 nitrogen and oxygen atoms in total. The van der Waals surface area contributed by atoms with Gasteiger partial charge in [0, 0.05) is 50.0 Å². The van der Waals surface area contributed by atoms with Gasteiger partial charge in [-0.05, 0) is 51.3 Å². The number of aliphatic imine (C=N–C) groups is 1. The second-order valence-electron chi connectivity index (χ2n) is 12.0. The predicted molar refractivity (Wildman–Crippen MR) is 159 cm³/mol. The van der Waals surface area contributed by atoms with Crippen molar-refractivity contribution in [3.8, 4) is 0 Å². The van der Waals surface area contributed by atoms with Gasteiger partial charge in [0.1, 0.15) is 17.9 Å². The average Bonchev–Trinajstić information content (AvgIpc) is 3.66. The quantitative estimate of drug-likeness (QED) is 0.377. The van der Waals surface area contributed by atoms with Crippen LogP contribution in [-0.2, 0) is 14.3 Å². The maximum atomic E-state index is 15.8. The Bertz CT molecular complexity index is 1480. The van der Waals surface area contributed by atoms with E-state index in [-0.39, 0.29) is 38.2 Å². The summed E-state index contributed by atoms with van der Waals surface area (Å²) in [4.78, 5) is 36.0. The van der Waals surface area contributed by atoms with Crippen LogP contribution in [0.15, 0.2) is 46.0 Å². The van der Waals surface area contributed by atoms with Crippen LogP contribution in [0.2, 0.25) is 0 Å². The summed E-state index contributed by atoms with van der Waals surface area (Å²) in [5.74, 6) is -4.89. The number of thiazole rings is 1. The minimum atomic E-state index is -3.12. The number of likely N-dealkylation sites (N-methyl/N-ethyl adjacent to an activating group) is 1. The van der Waals surface area contributed by atoms with Gasteiger partial charge >= 0.3 is 11.9 Å². The van der Waals surface area contributed by atoms with E-state index < -0.39 is 53.8 Å². The lowest BCUT2D eigenvalue weighted by Crippen LogP contribution is -2.49. The third-order valence-corrected chi connectivity index (χ3v) is 9.44. The van der Waals surface area contributed by atoms with Crippen molar-refractivity contribution in [1.29, 1.82) is 0 Å². The highest BCUT2D eigenvalue weighted by Crippen LogP contribution is 2.43. The molecule has 2 N–H and O–H groups in total. The summed E-state index contributed by atoms with van der Waals surface area (Å²) >= 11 is 1.32. The lowest BCUT2D eigenvalue weighted by atomic mass is 9.89. The smallest absolute Gasteiger partial charge is 0.338 e. The first kappa shape index (κ1) is 32.1.